The van der Waals surface area contributed by atoms with E-state index in [0.717, 1.165) is 25.9 Å². The van der Waals surface area contributed by atoms with Crippen LogP contribution in [0.5, 0.6) is 0 Å². The standard InChI is InChI=1S/C13H27N3O2/c1-13(2,3)16-7-4-11(5-8-16)15-12(17)10-18-9-6-14/h11H,4-10,14H2,1-3H3,(H,15,17). The van der Waals surface area contributed by atoms with E-state index in [4.69, 9.17) is 10.5 Å². The molecule has 1 aliphatic rings. The van der Waals surface area contributed by atoms with Crippen molar-refractivity contribution in [3.8, 4) is 0 Å². The number of nitrogens with one attached hydrogen (secondary N) is 1. The van der Waals surface area contributed by atoms with Crippen molar-refractivity contribution in [1.82, 2.24) is 10.2 Å². The van der Waals surface area contributed by atoms with Gasteiger partial charge in [-0.05, 0) is 33.6 Å². The Labute approximate surface area is 110 Å². The molecule has 5 nitrogen and oxygen atoms in total. The van der Waals surface area contributed by atoms with Gasteiger partial charge >= 0.3 is 0 Å². The van der Waals surface area contributed by atoms with Gasteiger partial charge in [0.2, 0.25) is 5.91 Å². The van der Waals surface area contributed by atoms with Gasteiger partial charge in [0.15, 0.2) is 0 Å². The second-order valence-corrected chi connectivity index (χ2v) is 5.84. The number of carbonyl (C=O) groups excluding carboxylic acids is 1. The van der Waals surface area contributed by atoms with Gasteiger partial charge in [-0.2, -0.15) is 0 Å². The molecular weight excluding hydrogens is 230 g/mol. The summed E-state index contributed by atoms with van der Waals surface area (Å²) in [7, 11) is 0. The topological polar surface area (TPSA) is 67.6 Å². The Hall–Kier alpha value is -0.650. The predicted molar refractivity (Wildman–Crippen MR) is 72.4 cm³/mol. The fourth-order valence-electron chi connectivity index (χ4n) is 2.21. The average molecular weight is 257 g/mol. The molecule has 0 aromatic rings. The molecule has 0 unspecified atom stereocenters. The van der Waals surface area contributed by atoms with Crippen LogP contribution in [0.4, 0.5) is 0 Å². The molecule has 3 N–H and O–H groups in total. The summed E-state index contributed by atoms with van der Waals surface area (Å²) in [4.78, 5) is 14.0. The third-order valence-electron chi connectivity index (χ3n) is 3.30. The van der Waals surface area contributed by atoms with Gasteiger partial charge in [0.25, 0.3) is 0 Å². The first kappa shape index (κ1) is 15.4. The number of carbonyl (C=O) groups is 1. The Kier molecular flexibility index (Phi) is 6.05. The van der Waals surface area contributed by atoms with Gasteiger partial charge in [0.1, 0.15) is 6.61 Å². The average Bonchev–Trinajstić information content (AvgIpc) is 2.29. The van der Waals surface area contributed by atoms with Gasteiger partial charge in [-0.25, -0.2) is 0 Å². The summed E-state index contributed by atoms with van der Waals surface area (Å²) in [6.07, 6.45) is 2.03. The molecule has 1 aliphatic heterocycles. The first-order valence-corrected chi connectivity index (χ1v) is 6.75. The molecular formula is C13H27N3O2. The molecule has 1 saturated heterocycles. The maximum atomic E-state index is 11.6. The highest BCUT2D eigenvalue weighted by molar-refractivity contribution is 5.77. The minimum atomic E-state index is -0.0299. The van der Waals surface area contributed by atoms with E-state index in [1.807, 2.05) is 0 Å². The smallest absolute Gasteiger partial charge is 0.246 e. The zero-order valence-electron chi connectivity index (χ0n) is 11.9. The van der Waals surface area contributed by atoms with Gasteiger partial charge in [-0.1, -0.05) is 0 Å². The van der Waals surface area contributed by atoms with Gasteiger partial charge in [-0.3, -0.25) is 9.69 Å². The van der Waals surface area contributed by atoms with Crippen LogP contribution >= 0.6 is 0 Å². The van der Waals surface area contributed by atoms with E-state index in [1.165, 1.54) is 0 Å². The van der Waals surface area contributed by atoms with Gasteiger partial charge < -0.3 is 15.8 Å². The number of hydrogen-bond donors (Lipinski definition) is 2. The van der Waals surface area contributed by atoms with Crippen molar-refractivity contribution in [1.29, 1.82) is 0 Å². The van der Waals surface area contributed by atoms with Gasteiger partial charge in [0.05, 0.1) is 6.61 Å². The predicted octanol–water partition coefficient (Wildman–Crippen LogP) is 0.341. The number of rotatable bonds is 5. The Bertz CT molecular complexity index is 255. The highest BCUT2D eigenvalue weighted by atomic mass is 16.5. The van der Waals surface area contributed by atoms with Crippen LogP contribution in [-0.4, -0.2) is 55.2 Å². The normalized spacial score (nSPS) is 18.9. The van der Waals surface area contributed by atoms with E-state index in [9.17, 15) is 4.79 Å². The van der Waals surface area contributed by atoms with Crippen molar-refractivity contribution in [3.63, 3.8) is 0 Å². The lowest BCUT2D eigenvalue weighted by Gasteiger charge is -2.41. The summed E-state index contributed by atoms with van der Waals surface area (Å²) in [5.41, 5.74) is 5.51. The summed E-state index contributed by atoms with van der Waals surface area (Å²) >= 11 is 0. The first-order chi connectivity index (χ1) is 8.43. The molecule has 0 aliphatic carbocycles. The second kappa shape index (κ2) is 7.07. The van der Waals surface area contributed by atoms with Gasteiger partial charge in [0, 0.05) is 31.2 Å². The van der Waals surface area contributed by atoms with Crippen molar-refractivity contribution in [2.24, 2.45) is 5.73 Å². The quantitative estimate of drug-likeness (QED) is 0.697. The molecule has 0 bridgehead atoms. The number of nitrogens with two attached hydrogens (primary N) is 1. The zero-order valence-corrected chi connectivity index (χ0v) is 11.9. The number of amides is 1. The van der Waals surface area contributed by atoms with Crippen LogP contribution in [-0.2, 0) is 9.53 Å². The minimum absolute atomic E-state index is 0.0299. The fraction of sp³-hybridized carbons (Fsp3) is 0.923. The monoisotopic (exact) mass is 257 g/mol. The van der Waals surface area contributed by atoms with E-state index in [2.05, 4.69) is 31.0 Å². The molecule has 0 radical (unpaired) electrons. The van der Waals surface area contributed by atoms with E-state index in [0.29, 0.717) is 13.2 Å². The van der Waals surface area contributed by atoms with E-state index >= 15 is 0 Å². The van der Waals surface area contributed by atoms with E-state index < -0.39 is 0 Å². The molecule has 1 heterocycles. The molecule has 106 valence electrons. The number of hydrogen-bond acceptors (Lipinski definition) is 4. The van der Waals surface area contributed by atoms with Crippen molar-refractivity contribution in [2.75, 3.05) is 32.8 Å². The number of ether oxygens (including phenoxy) is 1. The van der Waals surface area contributed by atoms with Crippen molar-refractivity contribution >= 4 is 5.91 Å². The SMILES string of the molecule is CC(C)(C)N1CCC(NC(=O)COCCN)CC1. The molecule has 0 aromatic carbocycles. The molecule has 0 saturated carbocycles. The lowest BCUT2D eigenvalue weighted by atomic mass is 9.98. The summed E-state index contributed by atoms with van der Waals surface area (Å²) in [5, 5.41) is 3.02. The number of nitrogens with zero attached hydrogens (tertiary/aromatic N) is 1. The van der Waals surface area contributed by atoms with Crippen LogP contribution in [0.25, 0.3) is 0 Å². The third-order valence-corrected chi connectivity index (χ3v) is 3.30. The molecule has 1 amide bonds. The van der Waals surface area contributed by atoms with Crippen LogP contribution in [0.2, 0.25) is 0 Å². The minimum Gasteiger partial charge on any atom is -0.370 e. The largest absolute Gasteiger partial charge is 0.370 e. The Morgan fingerprint density at radius 3 is 2.50 bits per heavy atom. The van der Waals surface area contributed by atoms with Gasteiger partial charge in [-0.15, -0.1) is 0 Å². The van der Waals surface area contributed by atoms with Crippen molar-refractivity contribution in [3.05, 3.63) is 0 Å². The molecule has 0 aromatic heterocycles. The second-order valence-electron chi connectivity index (χ2n) is 5.84. The lowest BCUT2D eigenvalue weighted by molar-refractivity contribution is -0.126. The highest BCUT2D eigenvalue weighted by Gasteiger charge is 2.27. The molecule has 1 rings (SSSR count). The summed E-state index contributed by atoms with van der Waals surface area (Å²) < 4.78 is 5.11. The van der Waals surface area contributed by atoms with Crippen LogP contribution < -0.4 is 11.1 Å². The van der Waals surface area contributed by atoms with Crippen LogP contribution in [0.3, 0.4) is 0 Å². The highest BCUT2D eigenvalue weighted by Crippen LogP contribution is 2.19. The van der Waals surface area contributed by atoms with Crippen LogP contribution in [0, 0.1) is 0 Å². The fourth-order valence-corrected chi connectivity index (χ4v) is 2.21. The summed E-state index contributed by atoms with van der Waals surface area (Å²) in [6.45, 7) is 9.78. The molecule has 1 fully saturated rings. The molecule has 5 heteroatoms. The lowest BCUT2D eigenvalue weighted by Crippen LogP contribution is -2.51. The maximum Gasteiger partial charge on any atom is 0.246 e. The van der Waals surface area contributed by atoms with Crippen LogP contribution in [0.1, 0.15) is 33.6 Å². The maximum absolute atomic E-state index is 11.6. The van der Waals surface area contributed by atoms with E-state index in [1.54, 1.807) is 0 Å². The molecule has 0 atom stereocenters. The van der Waals surface area contributed by atoms with Crippen molar-refractivity contribution in [2.45, 2.75) is 45.2 Å². The van der Waals surface area contributed by atoms with Crippen LogP contribution in [0.15, 0.2) is 0 Å². The summed E-state index contributed by atoms with van der Waals surface area (Å²) in [6, 6.07) is 0.289. The zero-order chi connectivity index (χ0) is 13.6. The Morgan fingerprint density at radius 2 is 2.00 bits per heavy atom. The third kappa shape index (κ3) is 5.33. The summed E-state index contributed by atoms with van der Waals surface area (Å²) in [5.74, 6) is -0.0299. The molecule has 18 heavy (non-hydrogen) atoms. The van der Waals surface area contributed by atoms with Crippen molar-refractivity contribution < 1.29 is 9.53 Å². The first-order valence-electron chi connectivity index (χ1n) is 6.75. The van der Waals surface area contributed by atoms with E-state index in [-0.39, 0.29) is 24.1 Å². The molecule has 0 spiro atoms. The number of likely N-dealkylation sites (tertiary alicyclic amines) is 1. The number of piperidine rings is 1. The Balaban J connectivity index is 2.21. The Morgan fingerprint density at radius 1 is 1.39 bits per heavy atom.